The molecular formula is C22H25ClN6O3. The Kier molecular flexibility index (Phi) is 5.16. The molecule has 9 nitrogen and oxygen atoms in total. The molecule has 3 aliphatic rings. The van der Waals surface area contributed by atoms with Crippen LogP contribution in [0.15, 0.2) is 23.3 Å². The van der Waals surface area contributed by atoms with Crippen molar-refractivity contribution in [3.8, 4) is 0 Å². The second kappa shape index (κ2) is 7.88. The highest BCUT2D eigenvalue weighted by atomic mass is 35.5. The number of rotatable bonds is 7. The molecule has 3 N–H and O–H groups in total. The molecule has 2 saturated carbocycles. The maximum absolute atomic E-state index is 13.5. The lowest BCUT2D eigenvalue weighted by Crippen LogP contribution is -2.50. The molecular weight excluding hydrogens is 432 g/mol. The van der Waals surface area contributed by atoms with Gasteiger partial charge in [0, 0.05) is 17.9 Å². The van der Waals surface area contributed by atoms with E-state index in [1.54, 1.807) is 6.07 Å². The van der Waals surface area contributed by atoms with Crippen LogP contribution in [0.5, 0.6) is 0 Å². The van der Waals surface area contributed by atoms with Crippen molar-refractivity contribution in [1.29, 1.82) is 0 Å². The number of amides is 1. The first-order valence-electron chi connectivity index (χ1n) is 11.0. The van der Waals surface area contributed by atoms with Crippen LogP contribution < -0.4 is 21.5 Å². The van der Waals surface area contributed by atoms with Crippen LogP contribution in [0.25, 0.3) is 0 Å². The molecule has 0 aromatic carbocycles. The van der Waals surface area contributed by atoms with Crippen LogP contribution >= 0.6 is 11.6 Å². The number of pyridine rings is 1. The van der Waals surface area contributed by atoms with E-state index in [-0.39, 0.29) is 52.0 Å². The highest BCUT2D eigenvalue weighted by molar-refractivity contribution is 6.34. The fourth-order valence-electron chi connectivity index (χ4n) is 4.83. The van der Waals surface area contributed by atoms with Gasteiger partial charge in [0.2, 0.25) is 0 Å². The van der Waals surface area contributed by atoms with E-state index in [9.17, 15) is 14.4 Å². The highest BCUT2D eigenvalue weighted by Gasteiger charge is 2.47. The molecule has 0 radical (unpaired) electrons. The van der Waals surface area contributed by atoms with Crippen molar-refractivity contribution >= 4 is 40.6 Å². The Morgan fingerprint density at radius 1 is 1.19 bits per heavy atom. The van der Waals surface area contributed by atoms with Crippen LogP contribution in [0.2, 0.25) is 5.02 Å². The quantitative estimate of drug-likeness (QED) is 0.586. The number of carbonyl (C=O) groups is 2. The summed E-state index contributed by atoms with van der Waals surface area (Å²) in [6.45, 7) is 2.10. The number of nitrogens with zero attached hydrogens (tertiary/aromatic N) is 3. The Morgan fingerprint density at radius 2 is 1.91 bits per heavy atom. The Labute approximate surface area is 190 Å². The Balaban J connectivity index is 1.44. The van der Waals surface area contributed by atoms with E-state index < -0.39 is 5.66 Å². The zero-order valence-electron chi connectivity index (χ0n) is 17.8. The first-order valence-corrected chi connectivity index (χ1v) is 11.4. The summed E-state index contributed by atoms with van der Waals surface area (Å²) in [5, 5.41) is 9.23. The van der Waals surface area contributed by atoms with Gasteiger partial charge in [-0.2, -0.15) is 0 Å². The summed E-state index contributed by atoms with van der Waals surface area (Å²) in [6.07, 6.45) is 7.30. The Hall–Kier alpha value is -2.94. The number of hydrogen-bond donors (Lipinski definition) is 3. The van der Waals surface area contributed by atoms with Gasteiger partial charge in [-0.05, 0) is 38.7 Å². The van der Waals surface area contributed by atoms with E-state index in [0.29, 0.717) is 11.6 Å². The van der Waals surface area contributed by atoms with E-state index >= 15 is 0 Å². The average Bonchev–Trinajstić information content (AvgIpc) is 3.38. The molecule has 2 aliphatic carbocycles. The number of fused-ring (bicyclic) bond motifs is 1. The number of nitrogens with one attached hydrogen (secondary N) is 3. The van der Waals surface area contributed by atoms with E-state index in [1.807, 2.05) is 6.92 Å². The molecule has 1 unspecified atom stereocenters. The van der Waals surface area contributed by atoms with Crippen molar-refractivity contribution < 1.29 is 9.59 Å². The number of Topliss-reactive ketones (excluding diaryl/α,β-unsaturated/α-hetero) is 1. The lowest BCUT2D eigenvalue weighted by atomic mass is 9.92. The number of halogens is 1. The molecule has 5 rings (SSSR count). The third kappa shape index (κ3) is 3.64. The first-order chi connectivity index (χ1) is 15.4. The zero-order valence-corrected chi connectivity index (χ0v) is 18.5. The third-order valence-electron chi connectivity index (χ3n) is 6.76. The first kappa shape index (κ1) is 20.9. The molecule has 0 bridgehead atoms. The van der Waals surface area contributed by atoms with Crippen LogP contribution in [0, 0.1) is 11.8 Å². The summed E-state index contributed by atoms with van der Waals surface area (Å²) < 4.78 is 1.50. The molecule has 0 spiro atoms. The maximum atomic E-state index is 13.5. The van der Waals surface area contributed by atoms with Crippen molar-refractivity contribution in [2.45, 2.75) is 51.1 Å². The van der Waals surface area contributed by atoms with Gasteiger partial charge in [-0.3, -0.25) is 19.0 Å². The Morgan fingerprint density at radius 3 is 2.62 bits per heavy atom. The number of hydrogen-bond acceptors (Lipinski definition) is 7. The molecule has 1 atom stereocenters. The molecule has 1 aliphatic heterocycles. The van der Waals surface area contributed by atoms with Crippen LogP contribution in [0.1, 0.15) is 55.9 Å². The topological polar surface area (TPSA) is 118 Å². The molecule has 1 amide bonds. The summed E-state index contributed by atoms with van der Waals surface area (Å²) in [4.78, 5) is 46.4. The highest BCUT2D eigenvalue weighted by Crippen LogP contribution is 2.41. The van der Waals surface area contributed by atoms with Gasteiger partial charge in [0.05, 0.1) is 11.6 Å². The SMILES string of the molecule is CC1(C2CCCC2)NC(=O)c2c(Cl)cc(Nc3cc(NCC(=O)C4CC4)ncn3)c(=O)n21. The molecule has 2 aromatic rings. The summed E-state index contributed by atoms with van der Waals surface area (Å²) >= 11 is 6.45. The fraction of sp³-hybridized carbons (Fsp3) is 0.500. The minimum atomic E-state index is -0.817. The van der Waals surface area contributed by atoms with Gasteiger partial charge in [-0.15, -0.1) is 0 Å². The van der Waals surface area contributed by atoms with Crippen LogP contribution in [0.4, 0.5) is 17.3 Å². The molecule has 2 aromatic heterocycles. The molecule has 32 heavy (non-hydrogen) atoms. The monoisotopic (exact) mass is 456 g/mol. The summed E-state index contributed by atoms with van der Waals surface area (Å²) in [7, 11) is 0. The minimum Gasteiger partial charge on any atom is -0.363 e. The van der Waals surface area contributed by atoms with Crippen LogP contribution in [-0.2, 0) is 10.5 Å². The van der Waals surface area contributed by atoms with Gasteiger partial charge >= 0.3 is 0 Å². The largest absolute Gasteiger partial charge is 0.363 e. The predicted octanol–water partition coefficient (Wildman–Crippen LogP) is 3.03. The van der Waals surface area contributed by atoms with Gasteiger partial charge < -0.3 is 16.0 Å². The van der Waals surface area contributed by atoms with Gasteiger partial charge in [0.25, 0.3) is 11.5 Å². The second-order valence-corrected chi connectivity index (χ2v) is 9.39. The normalized spacial score (nSPS) is 22.5. The number of ketones is 1. The lowest BCUT2D eigenvalue weighted by molar-refractivity contribution is -0.118. The van der Waals surface area contributed by atoms with Crippen LogP contribution in [-0.4, -0.2) is 32.8 Å². The standard InChI is InChI=1S/C22H25ClN6O3/c1-22(13-4-2-3-5-13)28-20(31)19-14(23)8-15(21(32)29(19)22)27-18-9-17(25-11-26-18)24-10-16(30)12-6-7-12/h8-9,11-13H,2-7,10H2,1H3,(H,28,31)(H2,24,25,26,27). The average molecular weight is 457 g/mol. The molecule has 2 fully saturated rings. The smallest absolute Gasteiger partial charge is 0.276 e. The molecule has 3 heterocycles. The molecule has 10 heteroatoms. The second-order valence-electron chi connectivity index (χ2n) is 8.99. The number of carbonyl (C=O) groups excluding carboxylic acids is 2. The van der Waals surface area contributed by atoms with Crippen molar-refractivity contribution in [3.63, 3.8) is 0 Å². The van der Waals surface area contributed by atoms with E-state index in [2.05, 4.69) is 25.9 Å². The van der Waals surface area contributed by atoms with Crippen molar-refractivity contribution in [2.24, 2.45) is 11.8 Å². The van der Waals surface area contributed by atoms with Crippen molar-refractivity contribution in [1.82, 2.24) is 19.9 Å². The third-order valence-corrected chi connectivity index (χ3v) is 7.05. The minimum absolute atomic E-state index is 0.163. The predicted molar refractivity (Wildman–Crippen MR) is 120 cm³/mol. The number of anilines is 3. The lowest BCUT2D eigenvalue weighted by Gasteiger charge is -2.33. The summed E-state index contributed by atoms with van der Waals surface area (Å²) in [5.74, 6) is 1.04. The van der Waals surface area contributed by atoms with Crippen molar-refractivity contribution in [2.75, 3.05) is 17.2 Å². The van der Waals surface area contributed by atoms with E-state index in [4.69, 9.17) is 11.6 Å². The maximum Gasteiger partial charge on any atom is 0.276 e. The van der Waals surface area contributed by atoms with E-state index in [1.165, 1.54) is 17.0 Å². The van der Waals surface area contributed by atoms with Crippen molar-refractivity contribution in [3.05, 3.63) is 39.5 Å². The van der Waals surface area contributed by atoms with E-state index in [0.717, 1.165) is 38.5 Å². The van der Waals surface area contributed by atoms with Gasteiger partial charge in [-0.25, -0.2) is 9.97 Å². The zero-order chi connectivity index (χ0) is 22.5. The molecule has 0 saturated heterocycles. The number of aromatic nitrogens is 3. The summed E-state index contributed by atoms with van der Waals surface area (Å²) in [6, 6.07) is 3.09. The molecule has 168 valence electrons. The van der Waals surface area contributed by atoms with Crippen LogP contribution in [0.3, 0.4) is 0 Å². The fourth-order valence-corrected chi connectivity index (χ4v) is 5.11. The van der Waals surface area contributed by atoms with Gasteiger partial charge in [0.15, 0.2) is 5.78 Å². The van der Waals surface area contributed by atoms with Gasteiger partial charge in [0.1, 0.15) is 35.0 Å². The summed E-state index contributed by atoms with van der Waals surface area (Å²) in [5.41, 5.74) is -0.740. The van der Waals surface area contributed by atoms with Gasteiger partial charge in [-0.1, -0.05) is 24.4 Å². The Bertz CT molecular complexity index is 1150.